The average molecular weight is 395 g/mol. The number of aliphatic carboxylic acids is 1. The summed E-state index contributed by atoms with van der Waals surface area (Å²) in [6, 6.07) is 3.45. The minimum absolute atomic E-state index is 0.00997. The van der Waals surface area contributed by atoms with Crippen molar-refractivity contribution in [1.82, 2.24) is 14.2 Å². The Morgan fingerprint density at radius 2 is 1.74 bits per heavy atom. The lowest BCUT2D eigenvalue weighted by molar-refractivity contribution is -0.132. The van der Waals surface area contributed by atoms with Crippen LogP contribution in [-0.2, 0) is 26.2 Å². The molecule has 1 fully saturated rings. The Bertz CT molecular complexity index is 756. The number of carboxylic acids is 1. The van der Waals surface area contributed by atoms with Crippen molar-refractivity contribution < 1.29 is 23.1 Å². The van der Waals surface area contributed by atoms with Gasteiger partial charge in [0.2, 0.25) is 15.9 Å². The first-order chi connectivity index (χ1) is 12.9. The van der Waals surface area contributed by atoms with E-state index in [-0.39, 0.29) is 18.8 Å². The maximum Gasteiger partial charge on any atom is 0.328 e. The largest absolute Gasteiger partial charge is 0.478 e. The molecule has 1 aromatic rings. The van der Waals surface area contributed by atoms with Crippen molar-refractivity contribution in [3.05, 3.63) is 42.2 Å². The molecule has 1 aromatic heterocycles. The fraction of sp³-hybridized carbons (Fsp3) is 0.500. The summed E-state index contributed by atoms with van der Waals surface area (Å²) in [6.07, 6.45) is 8.61. The van der Waals surface area contributed by atoms with Crippen LogP contribution in [0.15, 0.2) is 36.7 Å². The molecule has 0 radical (unpaired) electrons. The normalized spacial score (nSPS) is 16.1. The highest BCUT2D eigenvalue weighted by Crippen LogP contribution is 2.14. The Hall–Kier alpha value is -2.26. The third-order valence-electron chi connectivity index (χ3n) is 4.38. The molecule has 0 bridgehead atoms. The summed E-state index contributed by atoms with van der Waals surface area (Å²) < 4.78 is 26.8. The van der Waals surface area contributed by atoms with E-state index in [0.29, 0.717) is 13.1 Å². The van der Waals surface area contributed by atoms with Gasteiger partial charge in [-0.3, -0.25) is 9.78 Å². The van der Waals surface area contributed by atoms with E-state index < -0.39 is 21.9 Å². The second-order valence-corrected chi connectivity index (χ2v) is 8.50. The highest BCUT2D eigenvalue weighted by molar-refractivity contribution is 7.89. The zero-order valence-corrected chi connectivity index (χ0v) is 16.0. The van der Waals surface area contributed by atoms with Gasteiger partial charge in [-0.05, 0) is 30.5 Å². The zero-order valence-electron chi connectivity index (χ0n) is 15.2. The number of hydrogen-bond donors (Lipinski definition) is 1. The van der Waals surface area contributed by atoms with Gasteiger partial charge < -0.3 is 10.0 Å². The van der Waals surface area contributed by atoms with E-state index in [0.717, 1.165) is 43.4 Å². The van der Waals surface area contributed by atoms with Crippen LogP contribution in [0.1, 0.15) is 31.2 Å². The number of rotatable bonds is 8. The number of carbonyl (C=O) groups excluding carboxylic acids is 1. The van der Waals surface area contributed by atoms with Crippen LogP contribution in [0.4, 0.5) is 0 Å². The van der Waals surface area contributed by atoms with E-state index in [1.54, 1.807) is 24.5 Å². The first-order valence-electron chi connectivity index (χ1n) is 8.95. The molecule has 1 amide bonds. The molecule has 9 heteroatoms. The maximum atomic E-state index is 12.6. The van der Waals surface area contributed by atoms with Gasteiger partial charge in [-0.15, -0.1) is 0 Å². The quantitative estimate of drug-likeness (QED) is 0.664. The number of pyridine rings is 1. The third kappa shape index (κ3) is 7.10. The van der Waals surface area contributed by atoms with Crippen LogP contribution in [0.2, 0.25) is 0 Å². The summed E-state index contributed by atoms with van der Waals surface area (Å²) in [4.78, 5) is 28.3. The van der Waals surface area contributed by atoms with Crippen molar-refractivity contribution in [2.45, 2.75) is 32.2 Å². The first-order valence-corrected chi connectivity index (χ1v) is 10.6. The van der Waals surface area contributed by atoms with Gasteiger partial charge in [0.05, 0.1) is 5.75 Å². The van der Waals surface area contributed by atoms with Gasteiger partial charge in [0.1, 0.15) is 0 Å². The summed E-state index contributed by atoms with van der Waals surface area (Å²) in [6.45, 7) is 1.20. The van der Waals surface area contributed by atoms with Gasteiger partial charge in [-0.25, -0.2) is 17.5 Å². The second kappa shape index (κ2) is 10.2. The van der Waals surface area contributed by atoms with Crippen molar-refractivity contribution >= 4 is 21.9 Å². The van der Waals surface area contributed by atoms with Crippen LogP contribution in [0.5, 0.6) is 0 Å². The minimum Gasteiger partial charge on any atom is -0.478 e. The summed E-state index contributed by atoms with van der Waals surface area (Å²) in [5, 5.41) is 8.72. The average Bonchev–Trinajstić information content (AvgIpc) is 2.94. The number of carboxylic acid groups (broad SMARTS) is 1. The van der Waals surface area contributed by atoms with Gasteiger partial charge in [0, 0.05) is 50.7 Å². The molecule has 148 valence electrons. The van der Waals surface area contributed by atoms with E-state index >= 15 is 0 Å². The predicted molar refractivity (Wildman–Crippen MR) is 100 cm³/mol. The number of aromatic nitrogens is 1. The summed E-state index contributed by atoms with van der Waals surface area (Å²) in [7, 11) is -3.47. The Balaban J connectivity index is 2.08. The Labute approximate surface area is 159 Å². The summed E-state index contributed by atoms with van der Waals surface area (Å²) in [5.74, 6) is -1.96. The SMILES string of the molecule is O=C(O)/C=C/C(=O)N(CCS(=O)(=O)N1CCCCCC1)Cc1ccncc1. The van der Waals surface area contributed by atoms with E-state index in [9.17, 15) is 18.0 Å². The predicted octanol–water partition coefficient (Wildman–Crippen LogP) is 1.26. The Kier molecular flexibility index (Phi) is 7.93. The molecule has 2 heterocycles. The fourth-order valence-electron chi connectivity index (χ4n) is 2.90. The minimum atomic E-state index is -3.47. The number of sulfonamides is 1. The van der Waals surface area contributed by atoms with Crippen molar-refractivity contribution in [1.29, 1.82) is 0 Å². The van der Waals surface area contributed by atoms with Crippen LogP contribution in [0.3, 0.4) is 0 Å². The monoisotopic (exact) mass is 395 g/mol. The smallest absolute Gasteiger partial charge is 0.328 e. The molecule has 0 saturated carbocycles. The van der Waals surface area contributed by atoms with Crippen LogP contribution in [-0.4, -0.2) is 65.0 Å². The third-order valence-corrected chi connectivity index (χ3v) is 6.23. The van der Waals surface area contributed by atoms with Crippen LogP contribution in [0.25, 0.3) is 0 Å². The Morgan fingerprint density at radius 3 is 2.33 bits per heavy atom. The molecule has 1 aliphatic heterocycles. The van der Waals surface area contributed by atoms with Crippen LogP contribution in [0, 0.1) is 0 Å². The van der Waals surface area contributed by atoms with Crippen LogP contribution >= 0.6 is 0 Å². The van der Waals surface area contributed by atoms with Gasteiger partial charge in [0.25, 0.3) is 0 Å². The van der Waals surface area contributed by atoms with Crippen molar-refractivity contribution in [3.63, 3.8) is 0 Å². The highest BCUT2D eigenvalue weighted by Gasteiger charge is 2.24. The number of amides is 1. The topological polar surface area (TPSA) is 108 Å². The molecule has 2 rings (SSSR count). The molecular weight excluding hydrogens is 370 g/mol. The number of hydrogen-bond acceptors (Lipinski definition) is 5. The molecule has 0 spiro atoms. The lowest BCUT2D eigenvalue weighted by atomic mass is 10.2. The number of nitrogens with zero attached hydrogens (tertiary/aromatic N) is 3. The lowest BCUT2D eigenvalue weighted by Gasteiger charge is -2.24. The standard InChI is InChI=1S/C18H25N3O5S/c22-17(5-6-18(23)24)20(15-16-7-9-19-10-8-16)13-14-27(25,26)21-11-3-1-2-4-12-21/h5-10H,1-4,11-15H2,(H,23,24)/b6-5+. The van der Waals surface area contributed by atoms with Crippen LogP contribution < -0.4 is 0 Å². The molecule has 1 saturated heterocycles. The van der Waals surface area contributed by atoms with Gasteiger partial charge in [-0.2, -0.15) is 0 Å². The molecule has 0 aromatic carbocycles. The molecule has 1 aliphatic rings. The molecule has 0 unspecified atom stereocenters. The van der Waals surface area contributed by atoms with E-state index in [1.807, 2.05) is 0 Å². The van der Waals surface area contributed by atoms with Crippen molar-refractivity contribution in [3.8, 4) is 0 Å². The van der Waals surface area contributed by atoms with Gasteiger partial charge >= 0.3 is 5.97 Å². The summed E-state index contributed by atoms with van der Waals surface area (Å²) >= 11 is 0. The van der Waals surface area contributed by atoms with Gasteiger partial charge in [0.15, 0.2) is 0 Å². The van der Waals surface area contributed by atoms with Gasteiger partial charge in [-0.1, -0.05) is 12.8 Å². The lowest BCUT2D eigenvalue weighted by Crippen LogP contribution is -2.39. The molecule has 0 atom stereocenters. The van der Waals surface area contributed by atoms with Crippen molar-refractivity contribution in [2.24, 2.45) is 0 Å². The van der Waals surface area contributed by atoms with E-state index in [1.165, 1.54) is 9.21 Å². The fourth-order valence-corrected chi connectivity index (χ4v) is 4.42. The first kappa shape index (κ1) is 21.0. The molecule has 0 aliphatic carbocycles. The molecular formula is C18H25N3O5S. The molecule has 8 nitrogen and oxygen atoms in total. The van der Waals surface area contributed by atoms with E-state index in [4.69, 9.17) is 5.11 Å². The zero-order chi connectivity index (χ0) is 19.7. The molecule has 27 heavy (non-hydrogen) atoms. The maximum absolute atomic E-state index is 12.6. The highest BCUT2D eigenvalue weighted by atomic mass is 32.2. The van der Waals surface area contributed by atoms with Crippen molar-refractivity contribution in [2.75, 3.05) is 25.4 Å². The Morgan fingerprint density at radius 1 is 1.11 bits per heavy atom. The molecule has 1 N–H and O–H groups in total. The second-order valence-electron chi connectivity index (χ2n) is 6.42. The van der Waals surface area contributed by atoms with E-state index in [2.05, 4.69) is 4.98 Å². The summed E-state index contributed by atoms with van der Waals surface area (Å²) in [5.41, 5.74) is 0.786. The number of carbonyl (C=O) groups is 2.